The van der Waals surface area contributed by atoms with Gasteiger partial charge in [0.2, 0.25) is 0 Å². The van der Waals surface area contributed by atoms with Gasteiger partial charge in [0.1, 0.15) is 6.21 Å². The van der Waals surface area contributed by atoms with Crippen LogP contribution in [0, 0.1) is 0 Å². The summed E-state index contributed by atoms with van der Waals surface area (Å²) in [7, 11) is 0. The second kappa shape index (κ2) is 12.3. The van der Waals surface area contributed by atoms with Gasteiger partial charge < -0.3 is 17.1 Å². The third-order valence-electron chi connectivity index (χ3n) is 4.81. The minimum Gasteiger partial charge on any atom is -0.870 e. The highest BCUT2D eigenvalue weighted by molar-refractivity contribution is 5.51. The van der Waals surface area contributed by atoms with Crippen LogP contribution in [0.3, 0.4) is 0 Å². The van der Waals surface area contributed by atoms with E-state index in [1.165, 1.54) is 38.5 Å². The standard InChI is InChI=1S/C16H34N.H3N.2H2O/c1-8-13-14-17(15(6,9-2)10-3)16(7,11-4)12-5;;;/h14H,8-13H2,1-7H3;1H3;2*1H2/q+1;;;/p-1. The Balaban J connectivity index is -0.000000427. The molecule has 4 heteroatoms. The lowest BCUT2D eigenvalue weighted by molar-refractivity contribution is -0.670. The number of hydrogen-bond acceptors (Lipinski definition) is 2. The van der Waals surface area contributed by atoms with Gasteiger partial charge in [-0.15, -0.1) is 0 Å². The summed E-state index contributed by atoms with van der Waals surface area (Å²) in [5.74, 6) is 0. The molecular weight excluding hydrogens is 252 g/mol. The molecule has 0 fully saturated rings. The predicted octanol–water partition coefficient (Wildman–Crippen LogP) is 4.19. The molecule has 20 heavy (non-hydrogen) atoms. The highest BCUT2D eigenvalue weighted by atomic mass is 16.0. The lowest BCUT2D eigenvalue weighted by Gasteiger charge is -2.36. The molecule has 0 amide bonds. The van der Waals surface area contributed by atoms with Crippen LogP contribution >= 0.6 is 0 Å². The molecule has 0 saturated heterocycles. The van der Waals surface area contributed by atoms with Crippen LogP contribution < -0.4 is 6.15 Å². The minimum absolute atomic E-state index is 0. The van der Waals surface area contributed by atoms with E-state index in [4.69, 9.17) is 0 Å². The van der Waals surface area contributed by atoms with Gasteiger partial charge in [0.25, 0.3) is 0 Å². The molecule has 0 spiro atoms. The summed E-state index contributed by atoms with van der Waals surface area (Å²) in [6.07, 6.45) is 9.80. The summed E-state index contributed by atoms with van der Waals surface area (Å²) < 4.78 is 2.68. The van der Waals surface area contributed by atoms with Crippen molar-refractivity contribution in [3.8, 4) is 0 Å². The highest BCUT2D eigenvalue weighted by Gasteiger charge is 2.43. The molecule has 0 radical (unpaired) electrons. The smallest absolute Gasteiger partial charge is 0.159 e. The average molecular weight is 293 g/mol. The molecule has 0 heterocycles. The topological polar surface area (TPSA) is 99.5 Å². The van der Waals surface area contributed by atoms with Crippen LogP contribution in [0.1, 0.15) is 87.0 Å². The van der Waals surface area contributed by atoms with Gasteiger partial charge in [-0.3, -0.25) is 0 Å². The van der Waals surface area contributed by atoms with E-state index in [1.54, 1.807) is 0 Å². The summed E-state index contributed by atoms with van der Waals surface area (Å²) in [6.45, 7) is 16.4. The first-order chi connectivity index (χ1) is 7.94. The van der Waals surface area contributed by atoms with Crippen LogP contribution in [0.15, 0.2) is 0 Å². The van der Waals surface area contributed by atoms with E-state index in [0.29, 0.717) is 11.1 Å². The van der Waals surface area contributed by atoms with Crippen LogP contribution in [-0.2, 0) is 0 Å². The van der Waals surface area contributed by atoms with Crippen molar-refractivity contribution in [2.75, 3.05) is 0 Å². The maximum Gasteiger partial charge on any atom is 0.159 e. The van der Waals surface area contributed by atoms with E-state index < -0.39 is 0 Å². The van der Waals surface area contributed by atoms with Crippen molar-refractivity contribution in [2.24, 2.45) is 0 Å². The summed E-state index contributed by atoms with van der Waals surface area (Å²) >= 11 is 0. The van der Waals surface area contributed by atoms with Gasteiger partial charge in [-0.1, -0.05) is 34.6 Å². The highest BCUT2D eigenvalue weighted by Crippen LogP contribution is 2.30. The Morgan fingerprint density at radius 2 is 1.10 bits per heavy atom. The maximum absolute atomic E-state index is 2.68. The number of unbranched alkanes of at least 4 members (excludes halogenated alkanes) is 1. The summed E-state index contributed by atoms with van der Waals surface area (Å²) in [5.41, 5.74) is 0.631. The van der Waals surface area contributed by atoms with Crippen molar-refractivity contribution in [3.63, 3.8) is 0 Å². The molecule has 0 atom stereocenters. The van der Waals surface area contributed by atoms with Crippen LogP contribution in [0.5, 0.6) is 0 Å². The Labute approximate surface area is 126 Å². The quantitative estimate of drug-likeness (QED) is 0.536. The monoisotopic (exact) mass is 292 g/mol. The summed E-state index contributed by atoms with van der Waals surface area (Å²) in [4.78, 5) is 0. The molecule has 0 rings (SSSR count). The Bertz CT molecular complexity index is 225. The molecule has 126 valence electrons. The zero-order valence-corrected chi connectivity index (χ0v) is 14.9. The largest absolute Gasteiger partial charge is 0.870 e. The molecule has 0 aromatic heterocycles. The molecule has 0 aromatic rings. The van der Waals surface area contributed by atoms with Crippen LogP contribution in [0.2, 0.25) is 0 Å². The predicted molar refractivity (Wildman–Crippen MR) is 89.8 cm³/mol. The fourth-order valence-corrected chi connectivity index (χ4v) is 2.53. The molecule has 0 aliphatic heterocycles. The van der Waals surface area contributed by atoms with Crippen molar-refractivity contribution < 1.29 is 15.5 Å². The van der Waals surface area contributed by atoms with E-state index in [9.17, 15) is 0 Å². The fraction of sp³-hybridized carbons (Fsp3) is 0.938. The Hall–Kier alpha value is -0.450. The molecule has 0 unspecified atom stereocenters. The second-order valence-electron chi connectivity index (χ2n) is 5.75. The van der Waals surface area contributed by atoms with Crippen molar-refractivity contribution in [1.29, 1.82) is 0 Å². The van der Waals surface area contributed by atoms with Crippen molar-refractivity contribution in [1.82, 2.24) is 6.15 Å². The maximum atomic E-state index is 2.68. The normalized spacial score (nSPS) is 10.8. The Kier molecular flexibility index (Phi) is 17.1. The van der Waals surface area contributed by atoms with E-state index in [-0.39, 0.29) is 17.1 Å². The van der Waals surface area contributed by atoms with E-state index in [1.807, 2.05) is 0 Å². The zero-order chi connectivity index (χ0) is 13.5. The Morgan fingerprint density at radius 3 is 1.30 bits per heavy atom. The summed E-state index contributed by atoms with van der Waals surface area (Å²) in [6, 6.07) is 0. The molecular formula is C16H40N2O2. The lowest BCUT2D eigenvalue weighted by atomic mass is 9.85. The molecule has 4 nitrogen and oxygen atoms in total. The van der Waals surface area contributed by atoms with Gasteiger partial charge in [-0.05, 0) is 6.42 Å². The van der Waals surface area contributed by atoms with Gasteiger partial charge in [-0.25, -0.2) is 4.58 Å². The van der Waals surface area contributed by atoms with Gasteiger partial charge in [0, 0.05) is 46.0 Å². The zero-order valence-electron chi connectivity index (χ0n) is 14.9. The first kappa shape index (κ1) is 27.8. The fourth-order valence-electron chi connectivity index (χ4n) is 2.53. The molecule has 0 aliphatic rings. The average Bonchev–Trinajstić information content (AvgIpc) is 2.38. The molecule has 0 aliphatic carbocycles. The third-order valence-corrected chi connectivity index (χ3v) is 4.81. The van der Waals surface area contributed by atoms with Crippen LogP contribution in [0.4, 0.5) is 0 Å². The van der Waals surface area contributed by atoms with Gasteiger partial charge >= 0.3 is 0 Å². The first-order valence-corrected chi connectivity index (χ1v) is 7.56. The van der Waals surface area contributed by atoms with E-state index in [0.717, 1.165) is 0 Å². The van der Waals surface area contributed by atoms with E-state index in [2.05, 4.69) is 59.3 Å². The SMILES string of the molecule is CCCC=[N+](C(C)(CC)CC)C(C)(CC)CC.N.O.[OH-]. The van der Waals surface area contributed by atoms with Gasteiger partial charge in [-0.2, -0.15) is 0 Å². The summed E-state index contributed by atoms with van der Waals surface area (Å²) in [5, 5.41) is 0. The number of rotatable bonds is 8. The second-order valence-corrected chi connectivity index (χ2v) is 5.75. The first-order valence-electron chi connectivity index (χ1n) is 7.56. The van der Waals surface area contributed by atoms with Crippen LogP contribution in [0.25, 0.3) is 0 Å². The van der Waals surface area contributed by atoms with Gasteiger partial charge in [0.05, 0.1) is 0 Å². The van der Waals surface area contributed by atoms with Gasteiger partial charge in [0.15, 0.2) is 11.1 Å². The minimum atomic E-state index is 0. The number of nitrogens with zero attached hydrogens (tertiary/aromatic N) is 1. The van der Waals surface area contributed by atoms with Crippen molar-refractivity contribution in [3.05, 3.63) is 0 Å². The molecule has 6 N–H and O–H groups in total. The molecule has 0 saturated carbocycles. The molecule has 0 bridgehead atoms. The lowest BCUT2D eigenvalue weighted by Crippen LogP contribution is -2.51. The van der Waals surface area contributed by atoms with Crippen molar-refractivity contribution >= 4 is 6.21 Å². The molecule has 0 aromatic carbocycles. The third kappa shape index (κ3) is 6.33. The number of hydrogen-bond donors (Lipinski definition) is 1. The van der Waals surface area contributed by atoms with Crippen molar-refractivity contribution in [2.45, 2.75) is 98.1 Å². The Morgan fingerprint density at radius 1 is 0.800 bits per heavy atom. The van der Waals surface area contributed by atoms with Crippen LogP contribution in [-0.4, -0.2) is 32.8 Å². The van der Waals surface area contributed by atoms with E-state index >= 15 is 0 Å².